The summed E-state index contributed by atoms with van der Waals surface area (Å²) in [6.45, 7) is 0. The molecule has 0 saturated heterocycles. The average Bonchev–Trinajstić information content (AvgIpc) is 3.01. The fourth-order valence-corrected chi connectivity index (χ4v) is 2.97. The Hall–Kier alpha value is -1.04. The number of allylic oxidation sites excluding steroid dienone is 8. The average molecular weight is 198 g/mol. The monoisotopic (exact) mass is 198 g/mol. The molecule has 0 heterocycles. The summed E-state index contributed by atoms with van der Waals surface area (Å²) in [5.74, 6) is 2.70. The molecule has 0 heteroatoms. The summed E-state index contributed by atoms with van der Waals surface area (Å²) in [7, 11) is 0. The predicted octanol–water partition coefficient (Wildman–Crippen LogP) is 4.03. The second-order valence-corrected chi connectivity index (χ2v) is 4.90. The smallest absolute Gasteiger partial charge is 0.0128 e. The van der Waals surface area contributed by atoms with Crippen LogP contribution in [-0.2, 0) is 0 Å². The first-order valence-corrected chi connectivity index (χ1v) is 6.15. The highest BCUT2D eigenvalue weighted by Gasteiger charge is 2.42. The minimum Gasteiger partial charge on any atom is -0.0882 e. The van der Waals surface area contributed by atoms with Crippen molar-refractivity contribution in [1.82, 2.24) is 0 Å². The van der Waals surface area contributed by atoms with Crippen molar-refractivity contribution in [3.05, 3.63) is 48.1 Å². The molecule has 3 aliphatic rings. The molecule has 3 rings (SSSR count). The quantitative estimate of drug-likeness (QED) is 0.558. The molecule has 0 nitrogen and oxygen atoms in total. The van der Waals surface area contributed by atoms with E-state index in [4.69, 9.17) is 0 Å². The summed E-state index contributed by atoms with van der Waals surface area (Å²) in [6.07, 6.45) is 21.4. The third-order valence-corrected chi connectivity index (χ3v) is 3.89. The largest absolute Gasteiger partial charge is 0.0882 e. The zero-order valence-electron chi connectivity index (χ0n) is 9.10. The fourth-order valence-electron chi connectivity index (χ4n) is 2.97. The van der Waals surface area contributed by atoms with Gasteiger partial charge in [-0.3, -0.25) is 0 Å². The second-order valence-electron chi connectivity index (χ2n) is 4.90. The summed E-state index contributed by atoms with van der Waals surface area (Å²) in [5, 5.41) is 0. The molecular weight excluding hydrogens is 180 g/mol. The van der Waals surface area contributed by atoms with Crippen LogP contribution in [0.3, 0.4) is 0 Å². The lowest BCUT2D eigenvalue weighted by atomic mass is 9.89. The number of hydrogen-bond donors (Lipinski definition) is 0. The molecule has 0 spiro atoms. The molecule has 0 aromatic rings. The minimum atomic E-state index is 0.834. The van der Waals surface area contributed by atoms with Gasteiger partial charge in [-0.15, -0.1) is 0 Å². The topological polar surface area (TPSA) is 0 Å². The molecule has 3 aliphatic carbocycles. The zero-order chi connectivity index (χ0) is 10.1. The van der Waals surface area contributed by atoms with Crippen LogP contribution >= 0.6 is 0 Å². The number of rotatable bonds is 1. The van der Waals surface area contributed by atoms with Crippen molar-refractivity contribution in [2.24, 2.45) is 17.8 Å². The maximum absolute atomic E-state index is 2.45. The maximum Gasteiger partial charge on any atom is -0.0128 e. The highest BCUT2D eigenvalue weighted by molar-refractivity contribution is 5.31. The van der Waals surface area contributed by atoms with Crippen LogP contribution in [0.1, 0.15) is 25.7 Å². The lowest BCUT2D eigenvalue weighted by Gasteiger charge is -2.16. The predicted molar refractivity (Wildman–Crippen MR) is 64.4 cm³/mol. The molecular formula is C15H18. The molecule has 0 aromatic heterocycles. The van der Waals surface area contributed by atoms with Gasteiger partial charge in [0.25, 0.3) is 0 Å². The normalized spacial score (nSPS) is 37.9. The van der Waals surface area contributed by atoms with Gasteiger partial charge in [0.05, 0.1) is 0 Å². The van der Waals surface area contributed by atoms with Gasteiger partial charge in [-0.1, -0.05) is 42.5 Å². The van der Waals surface area contributed by atoms with Crippen LogP contribution in [0.4, 0.5) is 0 Å². The highest BCUT2D eigenvalue weighted by atomic mass is 14.5. The Morgan fingerprint density at radius 3 is 3.13 bits per heavy atom. The van der Waals surface area contributed by atoms with E-state index in [0.717, 1.165) is 24.2 Å². The van der Waals surface area contributed by atoms with E-state index in [9.17, 15) is 0 Å². The van der Waals surface area contributed by atoms with Gasteiger partial charge < -0.3 is 0 Å². The molecule has 1 saturated carbocycles. The molecule has 15 heavy (non-hydrogen) atoms. The molecule has 0 bridgehead atoms. The maximum atomic E-state index is 2.45. The van der Waals surface area contributed by atoms with E-state index in [1.54, 1.807) is 5.57 Å². The van der Waals surface area contributed by atoms with Crippen molar-refractivity contribution in [2.45, 2.75) is 25.7 Å². The molecule has 0 amide bonds. The van der Waals surface area contributed by atoms with Crippen LogP contribution in [0.25, 0.3) is 0 Å². The number of hydrogen-bond acceptors (Lipinski definition) is 0. The third kappa shape index (κ3) is 1.86. The molecule has 3 atom stereocenters. The van der Waals surface area contributed by atoms with Crippen molar-refractivity contribution in [3.63, 3.8) is 0 Å². The molecule has 3 unspecified atom stereocenters. The van der Waals surface area contributed by atoms with E-state index < -0.39 is 0 Å². The van der Waals surface area contributed by atoms with Crippen LogP contribution in [0.15, 0.2) is 48.1 Å². The van der Waals surface area contributed by atoms with Crippen molar-refractivity contribution in [1.29, 1.82) is 0 Å². The van der Waals surface area contributed by atoms with Crippen molar-refractivity contribution < 1.29 is 0 Å². The molecule has 1 fully saturated rings. The first-order chi connectivity index (χ1) is 7.45. The summed E-state index contributed by atoms with van der Waals surface area (Å²) >= 11 is 0. The fraction of sp³-hybridized carbons (Fsp3) is 0.467. The Bertz CT molecular complexity index is 354. The van der Waals surface area contributed by atoms with E-state index in [1.807, 2.05) is 0 Å². The van der Waals surface area contributed by atoms with E-state index >= 15 is 0 Å². The standard InChI is InChI=1S/C15H18/c1-2-4-8-12(7-3-1)14-10-6-5-9-13-11-15(13)14/h1-3,5,7-9,13-15H,4,6,10-11H2. The van der Waals surface area contributed by atoms with E-state index in [-0.39, 0.29) is 0 Å². The molecule has 78 valence electrons. The van der Waals surface area contributed by atoms with Crippen LogP contribution in [0, 0.1) is 17.8 Å². The Labute approximate surface area is 92.1 Å². The summed E-state index contributed by atoms with van der Waals surface area (Å²) in [4.78, 5) is 0. The van der Waals surface area contributed by atoms with Crippen LogP contribution in [0.5, 0.6) is 0 Å². The van der Waals surface area contributed by atoms with E-state index in [2.05, 4.69) is 42.5 Å². The van der Waals surface area contributed by atoms with Gasteiger partial charge in [0.2, 0.25) is 0 Å². The van der Waals surface area contributed by atoms with E-state index in [1.165, 1.54) is 19.3 Å². The Morgan fingerprint density at radius 1 is 1.13 bits per heavy atom. The van der Waals surface area contributed by atoms with Gasteiger partial charge in [0, 0.05) is 0 Å². The van der Waals surface area contributed by atoms with Crippen LogP contribution in [-0.4, -0.2) is 0 Å². The van der Waals surface area contributed by atoms with Crippen molar-refractivity contribution in [2.75, 3.05) is 0 Å². The molecule has 0 N–H and O–H groups in total. The third-order valence-electron chi connectivity index (χ3n) is 3.89. The number of fused-ring (bicyclic) bond motifs is 1. The van der Waals surface area contributed by atoms with Crippen LogP contribution in [0.2, 0.25) is 0 Å². The molecule has 0 aliphatic heterocycles. The van der Waals surface area contributed by atoms with Gasteiger partial charge in [-0.2, -0.15) is 0 Å². The molecule has 0 aromatic carbocycles. The summed E-state index contributed by atoms with van der Waals surface area (Å²) in [5.41, 5.74) is 1.59. The van der Waals surface area contributed by atoms with Gasteiger partial charge >= 0.3 is 0 Å². The van der Waals surface area contributed by atoms with Crippen LogP contribution < -0.4 is 0 Å². The first kappa shape index (κ1) is 9.21. The zero-order valence-corrected chi connectivity index (χ0v) is 9.10. The lowest BCUT2D eigenvalue weighted by molar-refractivity contribution is 0.502. The summed E-state index contributed by atoms with van der Waals surface area (Å²) < 4.78 is 0. The lowest BCUT2D eigenvalue weighted by Crippen LogP contribution is -2.05. The second kappa shape index (κ2) is 3.84. The SMILES string of the molecule is C1=CCC=C(C2CCC=CC3CC32)C=C1. The van der Waals surface area contributed by atoms with Crippen molar-refractivity contribution in [3.8, 4) is 0 Å². The van der Waals surface area contributed by atoms with E-state index in [0.29, 0.717) is 0 Å². The van der Waals surface area contributed by atoms with Gasteiger partial charge in [0.15, 0.2) is 0 Å². The van der Waals surface area contributed by atoms with Gasteiger partial charge in [-0.25, -0.2) is 0 Å². The van der Waals surface area contributed by atoms with Gasteiger partial charge in [0.1, 0.15) is 0 Å². The minimum absolute atomic E-state index is 0.834. The first-order valence-electron chi connectivity index (χ1n) is 6.15. The summed E-state index contributed by atoms with van der Waals surface area (Å²) in [6, 6.07) is 0. The Balaban J connectivity index is 1.79. The highest BCUT2D eigenvalue weighted by Crippen LogP contribution is 2.51. The van der Waals surface area contributed by atoms with Crippen molar-refractivity contribution >= 4 is 0 Å². The van der Waals surface area contributed by atoms with Gasteiger partial charge in [-0.05, 0) is 49.0 Å². The Morgan fingerprint density at radius 2 is 2.13 bits per heavy atom. The molecule has 0 radical (unpaired) electrons. The Kier molecular flexibility index (Phi) is 2.36.